The predicted molar refractivity (Wildman–Crippen MR) is 133 cm³/mol. The third-order valence-electron chi connectivity index (χ3n) is 5.71. The SMILES string of the molecule is CCOc1cc(C2/C(=C(/O)c3ccc(Cl)cc3)C(=O)C(=O)N2c2ccccc2OC)ccc1OC. The number of carbonyl (C=O) groups excluding carboxylic acids is 2. The number of methoxy groups -OCH3 is 2. The number of halogens is 1. The summed E-state index contributed by atoms with van der Waals surface area (Å²) in [5.74, 6) is -0.557. The number of ketones is 1. The Morgan fingerprint density at radius 1 is 0.943 bits per heavy atom. The van der Waals surface area contributed by atoms with Crippen LogP contribution >= 0.6 is 11.6 Å². The van der Waals surface area contributed by atoms with Gasteiger partial charge in [-0.25, -0.2) is 0 Å². The largest absolute Gasteiger partial charge is 0.507 e. The Kier molecular flexibility index (Phi) is 6.98. The number of para-hydroxylation sites is 2. The lowest BCUT2D eigenvalue weighted by atomic mass is 9.94. The van der Waals surface area contributed by atoms with Gasteiger partial charge in [-0.1, -0.05) is 29.8 Å². The normalized spacial score (nSPS) is 16.9. The topological polar surface area (TPSA) is 85.3 Å². The molecule has 35 heavy (non-hydrogen) atoms. The molecule has 4 rings (SSSR count). The molecule has 8 heteroatoms. The number of hydrogen-bond acceptors (Lipinski definition) is 6. The molecule has 1 N–H and O–H groups in total. The summed E-state index contributed by atoms with van der Waals surface area (Å²) in [4.78, 5) is 28.1. The van der Waals surface area contributed by atoms with Crippen molar-refractivity contribution in [3.8, 4) is 17.2 Å². The van der Waals surface area contributed by atoms with Crippen LogP contribution in [0.2, 0.25) is 5.02 Å². The fraction of sp³-hybridized carbons (Fsp3) is 0.185. The Balaban J connectivity index is 1.98. The summed E-state index contributed by atoms with van der Waals surface area (Å²) < 4.78 is 16.6. The Morgan fingerprint density at radius 3 is 2.29 bits per heavy atom. The van der Waals surface area contributed by atoms with Crippen molar-refractivity contribution in [3.63, 3.8) is 0 Å². The number of carbonyl (C=O) groups is 2. The van der Waals surface area contributed by atoms with Crippen molar-refractivity contribution in [1.82, 2.24) is 0 Å². The number of benzene rings is 3. The Morgan fingerprint density at radius 2 is 1.63 bits per heavy atom. The first kappa shape index (κ1) is 24.2. The molecule has 0 aliphatic carbocycles. The summed E-state index contributed by atoms with van der Waals surface area (Å²) in [5, 5.41) is 11.7. The summed E-state index contributed by atoms with van der Waals surface area (Å²) in [5.41, 5.74) is 1.24. The molecule has 3 aromatic carbocycles. The van der Waals surface area contributed by atoms with Crippen LogP contribution in [0.1, 0.15) is 24.1 Å². The van der Waals surface area contributed by atoms with Gasteiger partial charge in [-0.15, -0.1) is 0 Å². The summed E-state index contributed by atoms with van der Waals surface area (Å²) in [6.07, 6.45) is 0. The number of hydrogen-bond donors (Lipinski definition) is 1. The van der Waals surface area contributed by atoms with E-state index in [1.807, 2.05) is 6.92 Å². The zero-order valence-corrected chi connectivity index (χ0v) is 20.2. The lowest BCUT2D eigenvalue weighted by molar-refractivity contribution is -0.132. The van der Waals surface area contributed by atoms with Crippen LogP contribution in [-0.4, -0.2) is 37.6 Å². The first-order valence-electron chi connectivity index (χ1n) is 10.9. The molecule has 1 aliphatic rings. The van der Waals surface area contributed by atoms with E-state index in [2.05, 4.69) is 0 Å². The van der Waals surface area contributed by atoms with Gasteiger partial charge in [0, 0.05) is 10.6 Å². The highest BCUT2D eigenvalue weighted by Gasteiger charge is 2.48. The third-order valence-corrected chi connectivity index (χ3v) is 5.96. The number of aliphatic hydroxyl groups is 1. The van der Waals surface area contributed by atoms with Crippen molar-refractivity contribution in [3.05, 3.63) is 88.5 Å². The zero-order valence-electron chi connectivity index (χ0n) is 19.4. The second-order valence-corrected chi connectivity index (χ2v) is 8.13. The Hall–Kier alpha value is -3.97. The Labute approximate surface area is 208 Å². The van der Waals surface area contributed by atoms with Gasteiger partial charge >= 0.3 is 0 Å². The number of aliphatic hydroxyl groups excluding tert-OH is 1. The third kappa shape index (κ3) is 4.42. The fourth-order valence-electron chi connectivity index (χ4n) is 4.12. The van der Waals surface area contributed by atoms with Crippen LogP contribution in [0.15, 0.2) is 72.3 Å². The van der Waals surface area contributed by atoms with E-state index in [4.69, 9.17) is 25.8 Å². The molecule has 0 aromatic heterocycles. The van der Waals surface area contributed by atoms with Crippen LogP contribution in [0, 0.1) is 0 Å². The molecule has 1 amide bonds. The molecule has 1 aliphatic heterocycles. The monoisotopic (exact) mass is 493 g/mol. The molecule has 0 spiro atoms. The molecule has 1 saturated heterocycles. The molecule has 1 atom stereocenters. The van der Waals surface area contributed by atoms with Crippen molar-refractivity contribution in [2.75, 3.05) is 25.7 Å². The average molecular weight is 494 g/mol. The van der Waals surface area contributed by atoms with E-state index < -0.39 is 17.7 Å². The molecule has 1 fully saturated rings. The van der Waals surface area contributed by atoms with E-state index in [1.165, 1.54) is 19.1 Å². The molecular formula is C27H24ClNO6. The molecule has 180 valence electrons. The van der Waals surface area contributed by atoms with Gasteiger partial charge in [-0.05, 0) is 61.0 Å². The summed E-state index contributed by atoms with van der Waals surface area (Å²) in [7, 11) is 3.01. The van der Waals surface area contributed by atoms with Gasteiger partial charge in [0.25, 0.3) is 11.7 Å². The van der Waals surface area contributed by atoms with Gasteiger partial charge in [0.15, 0.2) is 11.5 Å². The van der Waals surface area contributed by atoms with E-state index >= 15 is 0 Å². The van der Waals surface area contributed by atoms with Gasteiger partial charge in [-0.3, -0.25) is 14.5 Å². The lowest BCUT2D eigenvalue weighted by Gasteiger charge is -2.27. The molecule has 0 saturated carbocycles. The first-order valence-corrected chi connectivity index (χ1v) is 11.3. The maximum Gasteiger partial charge on any atom is 0.300 e. The van der Waals surface area contributed by atoms with Crippen molar-refractivity contribution < 1.29 is 28.9 Å². The van der Waals surface area contributed by atoms with Crippen LogP contribution in [0.4, 0.5) is 5.69 Å². The number of anilines is 1. The molecule has 0 radical (unpaired) electrons. The maximum absolute atomic E-state index is 13.4. The van der Waals surface area contributed by atoms with Crippen LogP contribution in [-0.2, 0) is 9.59 Å². The van der Waals surface area contributed by atoms with E-state index in [1.54, 1.807) is 66.7 Å². The molecular weight excluding hydrogens is 470 g/mol. The summed E-state index contributed by atoms with van der Waals surface area (Å²) >= 11 is 6.00. The van der Waals surface area contributed by atoms with Gasteiger partial charge in [0.2, 0.25) is 0 Å². The van der Waals surface area contributed by atoms with E-state index in [9.17, 15) is 14.7 Å². The van der Waals surface area contributed by atoms with Crippen LogP contribution < -0.4 is 19.1 Å². The van der Waals surface area contributed by atoms with Gasteiger partial charge in [0.1, 0.15) is 11.5 Å². The minimum absolute atomic E-state index is 0.0594. The number of rotatable bonds is 7. The van der Waals surface area contributed by atoms with Crippen molar-refractivity contribution in [1.29, 1.82) is 0 Å². The highest BCUT2D eigenvalue weighted by Crippen LogP contribution is 2.46. The predicted octanol–water partition coefficient (Wildman–Crippen LogP) is 5.38. The fourth-order valence-corrected chi connectivity index (χ4v) is 4.25. The molecule has 7 nitrogen and oxygen atoms in total. The number of Topliss-reactive ketones (excluding diaryl/α,β-unsaturated/α-hetero) is 1. The second-order valence-electron chi connectivity index (χ2n) is 7.69. The van der Waals surface area contributed by atoms with Crippen molar-refractivity contribution in [2.45, 2.75) is 13.0 Å². The van der Waals surface area contributed by atoms with Gasteiger partial charge in [-0.2, -0.15) is 0 Å². The standard InChI is InChI=1S/C27H24ClNO6/c1-4-35-22-15-17(11-14-21(22)34-3)24-23(25(30)16-9-12-18(28)13-10-16)26(31)27(32)29(24)19-7-5-6-8-20(19)33-2/h5-15,24,30H,4H2,1-3H3/b25-23-. The smallest absolute Gasteiger partial charge is 0.300 e. The van der Waals surface area contributed by atoms with Crippen molar-refractivity contribution >= 4 is 34.7 Å². The van der Waals surface area contributed by atoms with Gasteiger partial charge in [0.05, 0.1) is 38.1 Å². The number of ether oxygens (including phenoxy) is 3. The number of amides is 1. The van der Waals surface area contributed by atoms with Gasteiger partial charge < -0.3 is 19.3 Å². The second kappa shape index (κ2) is 10.1. The quantitative estimate of drug-likeness (QED) is 0.270. The highest BCUT2D eigenvalue weighted by atomic mass is 35.5. The van der Waals surface area contributed by atoms with Crippen LogP contribution in [0.5, 0.6) is 17.2 Å². The number of nitrogens with zero attached hydrogens (tertiary/aromatic N) is 1. The minimum Gasteiger partial charge on any atom is -0.507 e. The Bertz CT molecular complexity index is 1300. The van der Waals surface area contributed by atoms with E-state index in [-0.39, 0.29) is 11.3 Å². The molecule has 1 heterocycles. The lowest BCUT2D eigenvalue weighted by Crippen LogP contribution is -2.29. The summed E-state index contributed by atoms with van der Waals surface area (Å²) in [6, 6.07) is 17.5. The van der Waals surface area contributed by atoms with E-state index in [0.29, 0.717) is 45.7 Å². The highest BCUT2D eigenvalue weighted by molar-refractivity contribution is 6.52. The molecule has 0 bridgehead atoms. The minimum atomic E-state index is -0.952. The van der Waals surface area contributed by atoms with Crippen LogP contribution in [0.25, 0.3) is 5.76 Å². The molecule has 1 unspecified atom stereocenters. The van der Waals surface area contributed by atoms with Crippen molar-refractivity contribution in [2.24, 2.45) is 0 Å². The summed E-state index contributed by atoms with van der Waals surface area (Å²) in [6.45, 7) is 2.23. The molecule has 3 aromatic rings. The van der Waals surface area contributed by atoms with E-state index in [0.717, 1.165) is 0 Å². The average Bonchev–Trinajstić information content (AvgIpc) is 3.14. The maximum atomic E-state index is 13.4. The van der Waals surface area contributed by atoms with Crippen LogP contribution in [0.3, 0.4) is 0 Å². The first-order chi connectivity index (χ1) is 16.9. The zero-order chi connectivity index (χ0) is 25.1.